The number of halogens is 2. The zero-order valence-electron chi connectivity index (χ0n) is 16.1. The second-order valence-corrected chi connectivity index (χ2v) is 6.41. The van der Waals surface area contributed by atoms with Gasteiger partial charge in [0.25, 0.3) is 11.8 Å². The van der Waals surface area contributed by atoms with Crippen LogP contribution < -0.4 is 21.3 Å². The summed E-state index contributed by atoms with van der Waals surface area (Å²) >= 11 is 0. The number of amides is 4. The first-order valence-corrected chi connectivity index (χ1v) is 8.86. The molecule has 1 aliphatic rings. The second-order valence-electron chi connectivity index (χ2n) is 6.41. The highest BCUT2D eigenvalue weighted by Gasteiger charge is 2.34. The van der Waals surface area contributed by atoms with Gasteiger partial charge in [0.1, 0.15) is 0 Å². The summed E-state index contributed by atoms with van der Waals surface area (Å²) in [5.74, 6) is -6.76. The van der Waals surface area contributed by atoms with Crippen LogP contribution in [-0.4, -0.2) is 56.3 Å². The number of Topliss-reactive ketones (excluding diaryl/α,β-unsaturated/α-hetero) is 1. The molecule has 1 unspecified atom stereocenters. The molecule has 0 bridgehead atoms. The van der Waals surface area contributed by atoms with E-state index in [4.69, 9.17) is 0 Å². The minimum absolute atomic E-state index is 0.173. The summed E-state index contributed by atoms with van der Waals surface area (Å²) < 4.78 is 31.7. The van der Waals surface area contributed by atoms with Crippen molar-refractivity contribution in [3.63, 3.8) is 0 Å². The Kier molecular flexibility index (Phi) is 7.39. The smallest absolute Gasteiger partial charge is 0.411 e. The van der Waals surface area contributed by atoms with Crippen LogP contribution in [0.25, 0.3) is 0 Å². The molecule has 12 heteroatoms. The summed E-state index contributed by atoms with van der Waals surface area (Å²) in [4.78, 5) is 60.1. The zero-order valence-corrected chi connectivity index (χ0v) is 16.1. The number of methoxy groups -OCH3 is 1. The largest absolute Gasteiger partial charge is 0.453 e. The predicted octanol–water partition coefficient (Wildman–Crippen LogP) is 0.0828. The minimum Gasteiger partial charge on any atom is -0.453 e. The first-order valence-electron chi connectivity index (χ1n) is 8.86. The molecule has 0 aromatic heterocycles. The molecule has 0 spiro atoms. The molecule has 2 rings (SSSR count). The molecule has 0 saturated carbocycles. The predicted molar refractivity (Wildman–Crippen MR) is 98.4 cm³/mol. The van der Waals surface area contributed by atoms with Crippen molar-refractivity contribution >= 4 is 35.3 Å². The summed E-state index contributed by atoms with van der Waals surface area (Å²) in [5.41, 5.74) is -0.923. The number of hydrogen-bond acceptors (Lipinski definition) is 6. The van der Waals surface area contributed by atoms with Crippen LogP contribution in [0.3, 0.4) is 0 Å². The fraction of sp³-hybridized carbons (Fsp3) is 0.389. The van der Waals surface area contributed by atoms with Crippen LogP contribution in [0.15, 0.2) is 12.1 Å². The molecule has 1 saturated heterocycles. The fourth-order valence-corrected chi connectivity index (χ4v) is 2.90. The van der Waals surface area contributed by atoms with Crippen LogP contribution in [0.5, 0.6) is 0 Å². The number of carbonyl (C=O) groups excluding carboxylic acids is 5. The van der Waals surface area contributed by atoms with Gasteiger partial charge in [-0.1, -0.05) is 0 Å². The van der Waals surface area contributed by atoms with Gasteiger partial charge in [-0.25, -0.2) is 13.6 Å². The number of ketones is 1. The van der Waals surface area contributed by atoms with Gasteiger partial charge in [0.15, 0.2) is 11.6 Å². The lowest BCUT2D eigenvalue weighted by atomic mass is 9.95. The highest BCUT2D eigenvalue weighted by Crippen LogP contribution is 2.22. The van der Waals surface area contributed by atoms with Crippen molar-refractivity contribution in [1.29, 1.82) is 0 Å². The number of rotatable bonds is 7. The van der Waals surface area contributed by atoms with Gasteiger partial charge >= 0.3 is 6.09 Å². The van der Waals surface area contributed by atoms with Gasteiger partial charge in [-0.15, -0.1) is 0 Å². The maximum absolute atomic E-state index is 13.7. The van der Waals surface area contributed by atoms with Crippen LogP contribution in [-0.2, 0) is 19.1 Å². The van der Waals surface area contributed by atoms with Gasteiger partial charge < -0.3 is 20.7 Å². The summed E-state index contributed by atoms with van der Waals surface area (Å²) in [7, 11) is 2.24. The standard InChI is InChI=1S/C18H20F2N4O6/c1-21-17(28)14(25)13(5-8-3-4-22-15(8)26)23-16(27)9-6-10(19)11(20)7-12(9)24-18(29)30-2/h6-8,13H,3-5H2,1-2H3,(H,21,28)(H,22,26)(H,23,27)(H,24,29)/t8-,13?/m0/s1. The normalized spacial score (nSPS) is 16.3. The topological polar surface area (TPSA) is 143 Å². The van der Waals surface area contributed by atoms with Crippen molar-refractivity contribution < 1.29 is 37.5 Å². The molecule has 4 amide bonds. The Labute approximate surface area is 169 Å². The van der Waals surface area contributed by atoms with Gasteiger partial charge in [0.05, 0.1) is 24.4 Å². The lowest BCUT2D eigenvalue weighted by molar-refractivity contribution is -0.139. The van der Waals surface area contributed by atoms with Crippen LogP contribution in [0.2, 0.25) is 0 Å². The number of nitrogens with one attached hydrogen (secondary N) is 4. The Morgan fingerprint density at radius 2 is 1.90 bits per heavy atom. The average Bonchev–Trinajstić information content (AvgIpc) is 3.12. The lowest BCUT2D eigenvalue weighted by Crippen LogP contribution is -2.48. The molecule has 0 aliphatic carbocycles. The van der Waals surface area contributed by atoms with Gasteiger partial charge in [-0.2, -0.15) is 0 Å². The van der Waals surface area contributed by atoms with Crippen molar-refractivity contribution in [2.75, 3.05) is 26.0 Å². The molecule has 0 radical (unpaired) electrons. The maximum Gasteiger partial charge on any atom is 0.411 e. The first-order chi connectivity index (χ1) is 14.2. The van der Waals surface area contributed by atoms with Gasteiger partial charge in [-0.3, -0.25) is 24.5 Å². The molecule has 10 nitrogen and oxygen atoms in total. The van der Waals surface area contributed by atoms with Crippen molar-refractivity contribution in [1.82, 2.24) is 16.0 Å². The zero-order chi connectivity index (χ0) is 22.4. The number of carbonyl (C=O) groups is 5. The van der Waals surface area contributed by atoms with E-state index in [2.05, 4.69) is 26.0 Å². The third-order valence-electron chi connectivity index (χ3n) is 4.48. The number of ether oxygens (including phenoxy) is 1. The molecule has 30 heavy (non-hydrogen) atoms. The highest BCUT2D eigenvalue weighted by molar-refractivity contribution is 6.38. The van der Waals surface area contributed by atoms with Gasteiger partial charge in [-0.05, 0) is 18.9 Å². The molecule has 4 N–H and O–H groups in total. The number of benzene rings is 1. The van der Waals surface area contributed by atoms with E-state index in [1.165, 1.54) is 7.05 Å². The van der Waals surface area contributed by atoms with Crippen molar-refractivity contribution in [3.8, 4) is 0 Å². The van der Waals surface area contributed by atoms with Crippen molar-refractivity contribution in [3.05, 3.63) is 29.3 Å². The summed E-state index contributed by atoms with van der Waals surface area (Å²) in [6, 6.07) is -0.314. The first kappa shape index (κ1) is 22.7. The van der Waals surface area contributed by atoms with Crippen LogP contribution in [0, 0.1) is 17.6 Å². The number of likely N-dealkylation sites (N-methyl/N-ethyl adjacent to an activating group) is 1. The van der Waals surface area contributed by atoms with Crippen LogP contribution in [0.1, 0.15) is 23.2 Å². The van der Waals surface area contributed by atoms with Crippen molar-refractivity contribution in [2.45, 2.75) is 18.9 Å². The van der Waals surface area contributed by atoms with E-state index in [0.717, 1.165) is 7.11 Å². The quantitative estimate of drug-likeness (QED) is 0.455. The Morgan fingerprint density at radius 3 is 2.47 bits per heavy atom. The number of hydrogen-bond donors (Lipinski definition) is 4. The Hall–Kier alpha value is -3.57. The van der Waals surface area contributed by atoms with Gasteiger partial charge in [0, 0.05) is 25.6 Å². The van der Waals surface area contributed by atoms with Crippen molar-refractivity contribution in [2.24, 2.45) is 5.92 Å². The Balaban J connectivity index is 2.32. The SMILES string of the molecule is CNC(=O)C(=O)C(C[C@@H]1CCNC1=O)NC(=O)c1cc(F)c(F)cc1NC(=O)OC. The van der Waals surface area contributed by atoms with E-state index in [9.17, 15) is 32.8 Å². The summed E-state index contributed by atoms with van der Waals surface area (Å²) in [6.07, 6.45) is -0.824. The Bertz CT molecular complexity index is 892. The Morgan fingerprint density at radius 1 is 1.23 bits per heavy atom. The van der Waals surface area contributed by atoms with E-state index in [1.807, 2.05) is 0 Å². The minimum atomic E-state index is -1.41. The highest BCUT2D eigenvalue weighted by atomic mass is 19.2. The maximum atomic E-state index is 13.7. The second kappa shape index (κ2) is 9.76. The monoisotopic (exact) mass is 426 g/mol. The molecule has 1 heterocycles. The van der Waals surface area contributed by atoms with E-state index in [1.54, 1.807) is 0 Å². The molecular weight excluding hydrogens is 406 g/mol. The third-order valence-corrected chi connectivity index (χ3v) is 4.48. The molecule has 2 atom stereocenters. The fourth-order valence-electron chi connectivity index (χ4n) is 2.90. The van der Waals surface area contributed by atoms with E-state index < -0.39 is 58.5 Å². The average molecular weight is 426 g/mol. The van der Waals surface area contributed by atoms with Gasteiger partial charge in [0.2, 0.25) is 11.7 Å². The summed E-state index contributed by atoms with van der Waals surface area (Å²) in [5, 5.41) is 9.04. The molecule has 1 aliphatic heterocycles. The van der Waals surface area contributed by atoms with Crippen LogP contribution in [0.4, 0.5) is 19.3 Å². The van der Waals surface area contributed by atoms with E-state index in [0.29, 0.717) is 25.1 Å². The molecule has 162 valence electrons. The lowest BCUT2D eigenvalue weighted by Gasteiger charge is -2.20. The van der Waals surface area contributed by atoms with E-state index in [-0.39, 0.29) is 12.3 Å². The molecule has 1 aromatic rings. The third kappa shape index (κ3) is 5.27. The molecular formula is C18H20F2N4O6. The number of anilines is 1. The van der Waals surface area contributed by atoms with Crippen LogP contribution >= 0.6 is 0 Å². The molecule has 1 aromatic carbocycles. The van der Waals surface area contributed by atoms with E-state index >= 15 is 0 Å². The summed E-state index contributed by atoms with van der Waals surface area (Å²) in [6.45, 7) is 0.384. The molecule has 1 fully saturated rings.